The van der Waals surface area contributed by atoms with Crippen LogP contribution < -0.4 is 10.6 Å². The van der Waals surface area contributed by atoms with Gasteiger partial charge in [0.2, 0.25) is 0 Å². The molecule has 2 aromatic rings. The average molecular weight is 330 g/mol. The Labute approximate surface area is 142 Å². The second-order valence-electron chi connectivity index (χ2n) is 6.20. The first kappa shape index (κ1) is 16.5. The van der Waals surface area contributed by atoms with Crippen molar-refractivity contribution in [3.63, 3.8) is 0 Å². The third-order valence-corrected chi connectivity index (χ3v) is 4.47. The molecule has 7 nitrogen and oxygen atoms in total. The molecule has 1 aliphatic heterocycles. The van der Waals surface area contributed by atoms with Gasteiger partial charge in [-0.15, -0.1) is 0 Å². The average Bonchev–Trinajstić information content (AvgIpc) is 3.14. The van der Waals surface area contributed by atoms with E-state index < -0.39 is 0 Å². The number of fused-ring (bicyclic) bond motifs is 1. The van der Waals surface area contributed by atoms with Crippen LogP contribution in [-0.4, -0.2) is 34.3 Å². The molecule has 0 unspecified atom stereocenters. The minimum absolute atomic E-state index is 0.652. The van der Waals surface area contributed by atoms with Gasteiger partial charge in [-0.05, 0) is 26.7 Å². The monoisotopic (exact) mass is 330 g/mol. The van der Waals surface area contributed by atoms with E-state index in [4.69, 9.17) is 9.51 Å². The number of imidazole rings is 1. The summed E-state index contributed by atoms with van der Waals surface area (Å²) < 4.78 is 7.47. The normalized spacial score (nSPS) is 14.5. The van der Waals surface area contributed by atoms with Gasteiger partial charge in [0.15, 0.2) is 5.96 Å². The first-order valence-electron chi connectivity index (χ1n) is 8.58. The van der Waals surface area contributed by atoms with Crippen LogP contribution in [0.25, 0.3) is 0 Å². The number of nitrogens with one attached hydrogen (secondary N) is 2. The zero-order chi connectivity index (χ0) is 16.9. The van der Waals surface area contributed by atoms with Crippen LogP contribution in [0.2, 0.25) is 0 Å². The molecular weight excluding hydrogens is 304 g/mol. The number of aromatic nitrogens is 3. The van der Waals surface area contributed by atoms with E-state index in [0.717, 1.165) is 54.6 Å². The molecule has 0 saturated heterocycles. The second-order valence-corrected chi connectivity index (χ2v) is 6.20. The number of rotatable bonds is 5. The molecular formula is C17H26N6O. The predicted octanol–water partition coefficient (Wildman–Crippen LogP) is 1.73. The highest BCUT2D eigenvalue weighted by Gasteiger charge is 2.12. The molecule has 0 radical (unpaired) electrons. The predicted molar refractivity (Wildman–Crippen MR) is 93.0 cm³/mol. The number of guanidine groups is 1. The van der Waals surface area contributed by atoms with E-state index in [9.17, 15) is 0 Å². The van der Waals surface area contributed by atoms with Crippen LogP contribution >= 0.6 is 0 Å². The maximum absolute atomic E-state index is 5.18. The minimum atomic E-state index is 0.652. The second kappa shape index (κ2) is 7.51. The summed E-state index contributed by atoms with van der Waals surface area (Å²) in [6.07, 6.45) is 6.71. The third-order valence-electron chi connectivity index (χ3n) is 4.47. The van der Waals surface area contributed by atoms with Crippen molar-refractivity contribution in [2.75, 3.05) is 13.6 Å². The topological polar surface area (TPSA) is 80.3 Å². The quantitative estimate of drug-likeness (QED) is 0.645. The molecule has 2 N–H and O–H groups in total. The van der Waals surface area contributed by atoms with E-state index in [-0.39, 0.29) is 0 Å². The molecule has 0 atom stereocenters. The standard InChI is InChI=1S/C17H26N6O/c1-12-15(13(2)24-22-12)10-20-17(18-3)19-8-7-14-11-23-9-5-4-6-16(23)21-14/h11H,4-10H2,1-3H3,(H2,18,19,20). The lowest BCUT2D eigenvalue weighted by molar-refractivity contribution is 0.392. The van der Waals surface area contributed by atoms with Crippen molar-refractivity contribution in [1.82, 2.24) is 25.3 Å². The van der Waals surface area contributed by atoms with Crippen molar-refractivity contribution in [2.24, 2.45) is 4.99 Å². The van der Waals surface area contributed by atoms with Crippen LogP contribution in [0.3, 0.4) is 0 Å². The summed E-state index contributed by atoms with van der Waals surface area (Å²) >= 11 is 0. The molecule has 0 aromatic carbocycles. The molecule has 3 rings (SSSR count). The fraction of sp³-hybridized carbons (Fsp3) is 0.588. The van der Waals surface area contributed by atoms with Crippen LogP contribution in [0, 0.1) is 13.8 Å². The fourth-order valence-corrected chi connectivity index (χ4v) is 3.05. The Hall–Kier alpha value is -2.31. The van der Waals surface area contributed by atoms with Crippen molar-refractivity contribution < 1.29 is 4.52 Å². The Kier molecular flexibility index (Phi) is 5.17. The molecule has 0 fully saturated rings. The Morgan fingerprint density at radius 2 is 2.21 bits per heavy atom. The molecule has 3 heterocycles. The largest absolute Gasteiger partial charge is 0.361 e. The first-order valence-corrected chi connectivity index (χ1v) is 8.58. The summed E-state index contributed by atoms with van der Waals surface area (Å²) in [5.41, 5.74) is 3.15. The smallest absolute Gasteiger partial charge is 0.191 e. The molecule has 0 bridgehead atoms. The van der Waals surface area contributed by atoms with Crippen molar-refractivity contribution in [3.8, 4) is 0 Å². The van der Waals surface area contributed by atoms with Crippen LogP contribution in [0.15, 0.2) is 15.7 Å². The highest BCUT2D eigenvalue weighted by Crippen LogP contribution is 2.14. The summed E-state index contributed by atoms with van der Waals surface area (Å²) in [4.78, 5) is 8.99. The van der Waals surface area contributed by atoms with Crippen molar-refractivity contribution in [1.29, 1.82) is 0 Å². The van der Waals surface area contributed by atoms with Crippen LogP contribution in [-0.2, 0) is 25.9 Å². The number of hydrogen-bond donors (Lipinski definition) is 2. The first-order chi connectivity index (χ1) is 11.7. The zero-order valence-electron chi connectivity index (χ0n) is 14.7. The van der Waals surface area contributed by atoms with E-state index in [1.807, 2.05) is 13.8 Å². The molecule has 0 amide bonds. The van der Waals surface area contributed by atoms with Gasteiger partial charge in [0.05, 0.1) is 11.4 Å². The molecule has 24 heavy (non-hydrogen) atoms. The van der Waals surface area contributed by atoms with Crippen molar-refractivity contribution in [2.45, 2.75) is 52.6 Å². The minimum Gasteiger partial charge on any atom is -0.361 e. The fourth-order valence-electron chi connectivity index (χ4n) is 3.05. The Morgan fingerprint density at radius 3 is 2.92 bits per heavy atom. The number of hydrogen-bond acceptors (Lipinski definition) is 4. The Bertz CT molecular complexity index is 672. The Balaban J connectivity index is 1.47. The maximum Gasteiger partial charge on any atom is 0.191 e. The van der Waals surface area contributed by atoms with Gasteiger partial charge in [-0.1, -0.05) is 5.16 Å². The summed E-state index contributed by atoms with van der Waals surface area (Å²) in [6.45, 7) is 6.44. The van der Waals surface area contributed by atoms with E-state index in [0.29, 0.717) is 6.54 Å². The molecule has 130 valence electrons. The Morgan fingerprint density at radius 1 is 1.33 bits per heavy atom. The zero-order valence-corrected chi connectivity index (χ0v) is 14.7. The SMILES string of the molecule is CN=C(NCCc1cn2c(n1)CCCC2)NCc1c(C)noc1C. The van der Waals surface area contributed by atoms with Gasteiger partial charge in [0.1, 0.15) is 11.6 Å². The molecule has 2 aromatic heterocycles. The lowest BCUT2D eigenvalue weighted by Gasteiger charge is -2.11. The van der Waals surface area contributed by atoms with Gasteiger partial charge in [-0.25, -0.2) is 4.98 Å². The molecule has 0 spiro atoms. The lowest BCUT2D eigenvalue weighted by Crippen LogP contribution is -2.38. The number of aryl methyl sites for hydroxylation is 4. The van der Waals surface area contributed by atoms with Gasteiger partial charge < -0.3 is 19.7 Å². The number of aliphatic imine (C=N–C) groups is 1. The van der Waals surface area contributed by atoms with Gasteiger partial charge in [0, 0.05) is 51.3 Å². The highest BCUT2D eigenvalue weighted by atomic mass is 16.5. The summed E-state index contributed by atoms with van der Waals surface area (Å²) in [5, 5.41) is 10.6. The summed E-state index contributed by atoms with van der Waals surface area (Å²) in [7, 11) is 1.78. The third kappa shape index (κ3) is 3.77. The summed E-state index contributed by atoms with van der Waals surface area (Å²) in [6, 6.07) is 0. The molecule has 0 saturated carbocycles. The van der Waals surface area contributed by atoms with Crippen LogP contribution in [0.4, 0.5) is 0 Å². The highest BCUT2D eigenvalue weighted by molar-refractivity contribution is 5.79. The van der Waals surface area contributed by atoms with Crippen LogP contribution in [0.5, 0.6) is 0 Å². The van der Waals surface area contributed by atoms with Gasteiger partial charge in [0.25, 0.3) is 0 Å². The van der Waals surface area contributed by atoms with E-state index in [1.165, 1.54) is 18.7 Å². The van der Waals surface area contributed by atoms with Crippen LogP contribution in [0.1, 0.15) is 41.4 Å². The van der Waals surface area contributed by atoms with E-state index in [1.54, 1.807) is 7.05 Å². The van der Waals surface area contributed by atoms with E-state index in [2.05, 4.69) is 31.5 Å². The van der Waals surface area contributed by atoms with Crippen molar-refractivity contribution in [3.05, 3.63) is 34.7 Å². The number of nitrogens with zero attached hydrogens (tertiary/aromatic N) is 4. The maximum atomic E-state index is 5.18. The molecule has 7 heteroatoms. The molecule has 1 aliphatic rings. The van der Waals surface area contributed by atoms with Crippen molar-refractivity contribution >= 4 is 5.96 Å². The lowest BCUT2D eigenvalue weighted by atomic mass is 10.2. The van der Waals surface area contributed by atoms with Gasteiger partial charge >= 0.3 is 0 Å². The van der Waals surface area contributed by atoms with E-state index >= 15 is 0 Å². The van der Waals surface area contributed by atoms with Gasteiger partial charge in [-0.2, -0.15) is 0 Å². The molecule has 0 aliphatic carbocycles. The summed E-state index contributed by atoms with van der Waals surface area (Å²) in [5.74, 6) is 2.86. The van der Waals surface area contributed by atoms with Gasteiger partial charge in [-0.3, -0.25) is 4.99 Å².